The number of hydrogen-bond donors (Lipinski definition) is 0. The average Bonchev–Trinajstić information content (AvgIpc) is 3.82. The van der Waals surface area contributed by atoms with E-state index in [9.17, 15) is 0 Å². The Morgan fingerprint density at radius 2 is 0.982 bits per heavy atom. The highest BCUT2D eigenvalue weighted by Crippen LogP contribution is 2.40. The van der Waals surface area contributed by atoms with Gasteiger partial charge in [-0.2, -0.15) is 0 Å². The normalized spacial score (nSPS) is 11.7. The van der Waals surface area contributed by atoms with Crippen LogP contribution >= 0.6 is 19.3 Å². The van der Waals surface area contributed by atoms with Crippen molar-refractivity contribution in [2.75, 3.05) is 0 Å². The van der Waals surface area contributed by atoms with E-state index in [-0.39, 0.29) is 0 Å². The topological polar surface area (TPSA) is 30.7 Å². The Labute approximate surface area is 335 Å². The molecule has 7 aromatic carbocycles. The molecule has 57 heavy (non-hydrogen) atoms. The molecule has 268 valence electrons. The zero-order valence-corrected chi connectivity index (χ0v) is 32.5. The summed E-state index contributed by atoms with van der Waals surface area (Å²) in [6, 6.07) is 72.5. The molecule has 0 amide bonds. The molecule has 4 aromatic heterocycles. The largest absolute Gasteiger partial charge is 0.292 e. The van der Waals surface area contributed by atoms with Crippen LogP contribution in [0.15, 0.2) is 206 Å². The number of thiophene rings is 1. The van der Waals surface area contributed by atoms with Crippen molar-refractivity contribution in [1.29, 1.82) is 0 Å². The number of nitrogens with zero attached hydrogens (tertiary/aromatic N) is 3. The molecule has 5 heteroatoms. The lowest BCUT2D eigenvalue weighted by molar-refractivity contribution is 1.08. The first-order chi connectivity index (χ1) is 28.2. The van der Waals surface area contributed by atoms with E-state index in [4.69, 9.17) is 9.97 Å². The fraction of sp³-hybridized carbons (Fsp3) is 0. The highest BCUT2D eigenvalue weighted by atomic mass is 32.1. The van der Waals surface area contributed by atoms with E-state index in [0.29, 0.717) is 0 Å². The van der Waals surface area contributed by atoms with Crippen LogP contribution in [0.5, 0.6) is 0 Å². The lowest BCUT2D eigenvalue weighted by atomic mass is 9.97. The Morgan fingerprint density at radius 3 is 1.74 bits per heavy atom. The Balaban J connectivity index is 0.958. The fourth-order valence-corrected chi connectivity index (χ4v) is 11.6. The van der Waals surface area contributed by atoms with Crippen molar-refractivity contribution in [2.45, 2.75) is 0 Å². The predicted octanol–water partition coefficient (Wildman–Crippen LogP) is 12.7. The van der Waals surface area contributed by atoms with Crippen LogP contribution in [0.2, 0.25) is 0 Å². The third-order valence-electron chi connectivity index (χ3n) is 10.8. The van der Waals surface area contributed by atoms with E-state index in [1.807, 2.05) is 23.6 Å². The van der Waals surface area contributed by atoms with Gasteiger partial charge in [0.2, 0.25) is 0 Å². The molecule has 3 nitrogen and oxygen atoms in total. The molecule has 0 aliphatic rings. The van der Waals surface area contributed by atoms with Crippen molar-refractivity contribution in [2.24, 2.45) is 0 Å². The standard InChI is InChI=1S/C52H34N3PS/c1-3-16-40(17-4-1)56(41-18-5-2-6-19-41)42-20-10-15-37(32-42)35-13-9-14-36(31-35)38-26-28-49-44(33-38)45-34-39(27-29-50(45)57-49)46-22-11-25-51(54-46)55-47-23-8-7-21-43(47)52-48(55)24-12-30-53-52/h1-34H. The monoisotopic (exact) mass is 763 g/mol. The molecule has 4 heterocycles. The lowest BCUT2D eigenvalue weighted by Crippen LogP contribution is -2.20. The van der Waals surface area contributed by atoms with Gasteiger partial charge in [0.05, 0.1) is 22.2 Å². The number of rotatable bonds is 7. The van der Waals surface area contributed by atoms with E-state index < -0.39 is 7.92 Å². The number of aromatic nitrogens is 3. The van der Waals surface area contributed by atoms with Crippen molar-refractivity contribution < 1.29 is 0 Å². The summed E-state index contributed by atoms with van der Waals surface area (Å²) in [5, 5.41) is 7.70. The van der Waals surface area contributed by atoms with Gasteiger partial charge in [-0.1, -0.05) is 133 Å². The summed E-state index contributed by atoms with van der Waals surface area (Å²) < 4.78 is 4.78. The van der Waals surface area contributed by atoms with E-state index in [0.717, 1.165) is 39.0 Å². The molecule has 0 saturated carbocycles. The number of pyridine rings is 2. The second kappa shape index (κ2) is 14.1. The fourth-order valence-electron chi connectivity index (χ4n) is 8.16. The Bertz CT molecular complexity index is 3170. The Kier molecular flexibility index (Phi) is 8.31. The van der Waals surface area contributed by atoms with Crippen LogP contribution in [-0.4, -0.2) is 14.5 Å². The molecule has 11 rings (SSSR count). The summed E-state index contributed by atoms with van der Waals surface area (Å²) >= 11 is 1.84. The second-order valence-electron chi connectivity index (χ2n) is 14.3. The van der Waals surface area contributed by atoms with Gasteiger partial charge in [0.1, 0.15) is 5.82 Å². The molecular weight excluding hydrogens is 730 g/mol. The van der Waals surface area contributed by atoms with Gasteiger partial charge in [0.25, 0.3) is 0 Å². The molecule has 0 saturated heterocycles. The van der Waals surface area contributed by atoms with E-state index in [1.54, 1.807) is 0 Å². The van der Waals surface area contributed by atoms with Gasteiger partial charge in [-0.15, -0.1) is 11.3 Å². The summed E-state index contributed by atoms with van der Waals surface area (Å²) in [5.74, 6) is 0.881. The molecular formula is C52H34N3PS. The highest BCUT2D eigenvalue weighted by Gasteiger charge is 2.18. The molecule has 11 aromatic rings. The summed E-state index contributed by atoms with van der Waals surface area (Å²) in [7, 11) is -0.688. The quantitative estimate of drug-likeness (QED) is 0.151. The molecule has 0 bridgehead atoms. The van der Waals surface area contributed by atoms with E-state index in [2.05, 4.69) is 199 Å². The molecule has 0 aliphatic heterocycles. The van der Waals surface area contributed by atoms with Crippen LogP contribution in [0.25, 0.3) is 81.4 Å². The third kappa shape index (κ3) is 6.02. The van der Waals surface area contributed by atoms with E-state index >= 15 is 0 Å². The predicted molar refractivity (Wildman–Crippen MR) is 244 cm³/mol. The van der Waals surface area contributed by atoms with E-state index in [1.165, 1.54) is 58.3 Å². The van der Waals surface area contributed by atoms with Crippen molar-refractivity contribution in [1.82, 2.24) is 14.5 Å². The van der Waals surface area contributed by atoms with Crippen LogP contribution in [0.4, 0.5) is 0 Å². The SMILES string of the molecule is c1ccc(P(c2ccccc2)c2cccc(-c3cccc(-c4ccc5sc6ccc(-c7cccc(-n8c9ccccc9c9ncccc98)n7)cc6c5c4)c3)c2)cc1. The van der Waals surface area contributed by atoms with Gasteiger partial charge in [-0.3, -0.25) is 9.55 Å². The minimum absolute atomic E-state index is 0.688. The average molecular weight is 764 g/mol. The maximum Gasteiger partial charge on any atom is 0.138 e. The van der Waals surface area contributed by atoms with Crippen LogP contribution in [0.3, 0.4) is 0 Å². The number of para-hydroxylation sites is 1. The van der Waals surface area contributed by atoms with Gasteiger partial charge in [0, 0.05) is 37.3 Å². The van der Waals surface area contributed by atoms with Crippen molar-refractivity contribution in [3.8, 4) is 39.3 Å². The highest BCUT2D eigenvalue weighted by molar-refractivity contribution is 7.79. The molecule has 0 atom stereocenters. The number of benzene rings is 7. The maximum atomic E-state index is 5.25. The third-order valence-corrected chi connectivity index (χ3v) is 14.4. The number of hydrogen-bond acceptors (Lipinski definition) is 3. The molecule has 0 fully saturated rings. The van der Waals surface area contributed by atoms with Crippen molar-refractivity contribution >= 4 is 77.3 Å². The van der Waals surface area contributed by atoms with Gasteiger partial charge < -0.3 is 0 Å². The summed E-state index contributed by atoms with van der Waals surface area (Å²) in [6.07, 6.45) is 1.86. The van der Waals surface area contributed by atoms with Crippen molar-refractivity contribution in [3.05, 3.63) is 206 Å². The molecule has 0 N–H and O–H groups in total. The molecule has 0 unspecified atom stereocenters. The smallest absolute Gasteiger partial charge is 0.138 e. The van der Waals surface area contributed by atoms with Crippen LogP contribution < -0.4 is 15.9 Å². The van der Waals surface area contributed by atoms with Gasteiger partial charge >= 0.3 is 0 Å². The minimum atomic E-state index is -0.688. The molecule has 0 aliphatic carbocycles. The second-order valence-corrected chi connectivity index (χ2v) is 17.6. The summed E-state index contributed by atoms with van der Waals surface area (Å²) in [6.45, 7) is 0. The first-order valence-electron chi connectivity index (χ1n) is 19.1. The first kappa shape index (κ1) is 33.6. The Morgan fingerprint density at radius 1 is 0.404 bits per heavy atom. The summed E-state index contributed by atoms with van der Waals surface area (Å²) in [5.41, 5.74) is 10.0. The van der Waals surface area contributed by atoms with Crippen molar-refractivity contribution in [3.63, 3.8) is 0 Å². The number of fused-ring (bicyclic) bond motifs is 6. The zero-order valence-electron chi connectivity index (χ0n) is 30.8. The van der Waals surface area contributed by atoms with Crippen LogP contribution in [0, 0.1) is 0 Å². The van der Waals surface area contributed by atoms with Gasteiger partial charge in [-0.25, -0.2) is 4.98 Å². The van der Waals surface area contributed by atoms with Gasteiger partial charge in [-0.05, 0) is 113 Å². The maximum absolute atomic E-state index is 5.25. The molecule has 0 radical (unpaired) electrons. The first-order valence-corrected chi connectivity index (χ1v) is 21.3. The molecule has 0 spiro atoms. The van der Waals surface area contributed by atoms with Gasteiger partial charge in [0.15, 0.2) is 0 Å². The van der Waals surface area contributed by atoms with Crippen LogP contribution in [0.1, 0.15) is 0 Å². The van der Waals surface area contributed by atoms with Crippen LogP contribution in [-0.2, 0) is 0 Å². The zero-order chi connectivity index (χ0) is 37.7. The lowest BCUT2D eigenvalue weighted by Gasteiger charge is -2.20. The minimum Gasteiger partial charge on any atom is -0.292 e. The summed E-state index contributed by atoms with van der Waals surface area (Å²) in [4.78, 5) is 9.98. The Hall–Kier alpha value is -6.71.